The highest BCUT2D eigenvalue weighted by molar-refractivity contribution is 7.91. The van der Waals surface area contributed by atoms with E-state index in [4.69, 9.17) is 14.7 Å². The zero-order valence-electron chi connectivity index (χ0n) is 25.2. The second-order valence-corrected chi connectivity index (χ2v) is 15.0. The number of nitrogens with zero attached hydrogens (tertiary/aromatic N) is 6. The van der Waals surface area contributed by atoms with Crippen molar-refractivity contribution in [3.63, 3.8) is 0 Å². The van der Waals surface area contributed by atoms with Crippen LogP contribution in [0.2, 0.25) is 0 Å². The Morgan fingerprint density at radius 3 is 2.42 bits per heavy atom. The monoisotopic (exact) mass is 604 g/mol. The Kier molecular flexibility index (Phi) is 8.12. The highest BCUT2D eigenvalue weighted by atomic mass is 32.2. The molecule has 0 atom stereocenters. The average molecular weight is 605 g/mol. The Balaban J connectivity index is 1.17. The highest BCUT2D eigenvalue weighted by Gasteiger charge is 2.28. The summed E-state index contributed by atoms with van der Waals surface area (Å²) in [6, 6.07) is 8.78. The number of benzene rings is 1. The Labute approximate surface area is 253 Å². The molecular formula is C32H40N6O4S. The Bertz CT molecular complexity index is 1700. The first-order valence-electron chi connectivity index (χ1n) is 15.1. The van der Waals surface area contributed by atoms with Gasteiger partial charge in [0.2, 0.25) is 0 Å². The van der Waals surface area contributed by atoms with E-state index in [2.05, 4.69) is 40.3 Å². The van der Waals surface area contributed by atoms with Gasteiger partial charge in [0.15, 0.2) is 9.84 Å². The first-order valence-corrected chi connectivity index (χ1v) is 17.0. The van der Waals surface area contributed by atoms with Crippen LogP contribution in [0.1, 0.15) is 63.6 Å². The molecule has 2 fully saturated rings. The van der Waals surface area contributed by atoms with Crippen LogP contribution in [0.15, 0.2) is 42.9 Å². The summed E-state index contributed by atoms with van der Waals surface area (Å²) in [5.74, 6) is 0.479. The van der Waals surface area contributed by atoms with E-state index < -0.39 is 15.4 Å². The Morgan fingerprint density at radius 1 is 1.00 bits per heavy atom. The van der Waals surface area contributed by atoms with Crippen LogP contribution in [0.25, 0.3) is 22.9 Å². The van der Waals surface area contributed by atoms with Crippen molar-refractivity contribution >= 4 is 27.6 Å². The minimum atomic E-state index is -2.88. The number of sulfone groups is 1. The van der Waals surface area contributed by atoms with Gasteiger partial charge in [0.1, 0.15) is 5.60 Å². The number of rotatable bonds is 5. The van der Waals surface area contributed by atoms with Crippen molar-refractivity contribution < 1.29 is 17.9 Å². The summed E-state index contributed by atoms with van der Waals surface area (Å²) in [5, 5.41) is 6.48. The molecule has 1 aromatic carbocycles. The van der Waals surface area contributed by atoms with Crippen molar-refractivity contribution in [2.24, 2.45) is 0 Å². The summed E-state index contributed by atoms with van der Waals surface area (Å²) in [5.41, 5.74) is 4.72. The fourth-order valence-corrected chi connectivity index (χ4v) is 7.23. The molecule has 3 aliphatic rings. The van der Waals surface area contributed by atoms with Crippen LogP contribution in [0, 0.1) is 0 Å². The maximum Gasteiger partial charge on any atom is 0.410 e. The number of amides is 1. The lowest BCUT2D eigenvalue weighted by atomic mass is 9.96. The minimum absolute atomic E-state index is 0.210. The normalized spacial score (nSPS) is 19.5. The number of carbonyl (C=O) groups excluding carboxylic acids is 1. The number of carbonyl (C=O) groups is 1. The molecule has 10 nitrogen and oxygen atoms in total. The van der Waals surface area contributed by atoms with Crippen molar-refractivity contribution in [2.45, 2.75) is 64.6 Å². The van der Waals surface area contributed by atoms with Gasteiger partial charge in [-0.05, 0) is 63.2 Å². The fraction of sp³-hybridized carbons (Fsp3) is 0.500. The third-order valence-corrected chi connectivity index (χ3v) is 9.96. The quantitative estimate of drug-likeness (QED) is 0.437. The summed E-state index contributed by atoms with van der Waals surface area (Å²) in [7, 11) is -2.88. The molecular weight excluding hydrogens is 564 g/mol. The number of ether oxygens (including phenoxy) is 1. The van der Waals surface area contributed by atoms with E-state index in [0.29, 0.717) is 26.2 Å². The molecule has 2 saturated heterocycles. The molecule has 0 spiro atoms. The zero-order valence-corrected chi connectivity index (χ0v) is 26.0. The summed E-state index contributed by atoms with van der Waals surface area (Å²) in [6.07, 6.45) is 11.1. The number of piperidine rings is 1. The van der Waals surface area contributed by atoms with Gasteiger partial charge in [-0.3, -0.25) is 14.6 Å². The zero-order chi connectivity index (χ0) is 30.2. The number of fused-ring (bicyclic) bond motifs is 1. The van der Waals surface area contributed by atoms with Gasteiger partial charge in [0.25, 0.3) is 0 Å². The van der Waals surface area contributed by atoms with E-state index in [1.54, 1.807) is 4.90 Å². The first-order chi connectivity index (χ1) is 20.5. The number of hydrogen-bond donors (Lipinski definition) is 0. The maximum atomic E-state index is 12.5. The predicted octanol–water partition coefficient (Wildman–Crippen LogP) is 2.92. The van der Waals surface area contributed by atoms with E-state index >= 15 is 0 Å². The largest absolute Gasteiger partial charge is 0.444 e. The lowest BCUT2D eigenvalue weighted by molar-refractivity contribution is 0.0184. The molecule has 2 aromatic heterocycles. The molecule has 0 unspecified atom stereocenters. The van der Waals surface area contributed by atoms with Crippen LogP contribution in [0.5, 0.6) is 0 Å². The van der Waals surface area contributed by atoms with Crippen LogP contribution in [-0.2, 0) is 21.1 Å². The average Bonchev–Trinajstić information content (AvgIpc) is 3.48. The van der Waals surface area contributed by atoms with Crippen molar-refractivity contribution in [2.75, 3.05) is 37.7 Å². The molecule has 2 aliphatic heterocycles. The molecule has 0 bridgehead atoms. The van der Waals surface area contributed by atoms with E-state index in [1.807, 2.05) is 44.0 Å². The smallest absolute Gasteiger partial charge is 0.410 e. The van der Waals surface area contributed by atoms with Gasteiger partial charge in [-0.1, -0.05) is 30.3 Å². The number of hydrogen-bond acceptors (Lipinski definition) is 8. The van der Waals surface area contributed by atoms with Gasteiger partial charge in [0, 0.05) is 44.5 Å². The maximum absolute atomic E-state index is 12.5. The Hall–Kier alpha value is -3.57. The predicted molar refractivity (Wildman–Crippen MR) is 165 cm³/mol. The number of aromatic nitrogens is 4. The molecule has 1 aliphatic carbocycles. The van der Waals surface area contributed by atoms with Crippen LogP contribution in [-0.4, -0.2) is 87.3 Å². The van der Waals surface area contributed by atoms with Crippen molar-refractivity contribution in [3.8, 4) is 11.3 Å². The first kappa shape index (κ1) is 29.5. The SMILES string of the molecule is CC(C)(C)OC(=O)N1CCC(n2cc(-c3cnc4c(n3)=C(c3ccc(CN5CCS(=O)(=O)CC5)cc3)CCC=4)cn2)CC1. The van der Waals surface area contributed by atoms with Crippen LogP contribution in [0.3, 0.4) is 0 Å². The van der Waals surface area contributed by atoms with E-state index in [9.17, 15) is 13.2 Å². The third-order valence-electron chi connectivity index (χ3n) is 8.35. The molecule has 228 valence electrons. The molecule has 43 heavy (non-hydrogen) atoms. The van der Waals surface area contributed by atoms with Crippen LogP contribution in [0.4, 0.5) is 4.79 Å². The topological polar surface area (TPSA) is 111 Å². The Morgan fingerprint density at radius 2 is 1.72 bits per heavy atom. The van der Waals surface area contributed by atoms with Crippen LogP contribution >= 0.6 is 0 Å². The lowest BCUT2D eigenvalue weighted by Crippen LogP contribution is -2.42. The third kappa shape index (κ3) is 6.99. The molecule has 4 heterocycles. The highest BCUT2D eigenvalue weighted by Crippen LogP contribution is 2.26. The van der Waals surface area contributed by atoms with Crippen molar-refractivity contribution in [1.29, 1.82) is 0 Å². The summed E-state index contributed by atoms with van der Waals surface area (Å²) in [4.78, 5) is 26.3. The van der Waals surface area contributed by atoms with Crippen LogP contribution < -0.4 is 10.7 Å². The molecule has 0 saturated carbocycles. The van der Waals surface area contributed by atoms with Crippen molar-refractivity contribution in [3.05, 3.63) is 64.7 Å². The fourth-order valence-electron chi connectivity index (χ4n) is 5.95. The van der Waals surface area contributed by atoms with Gasteiger partial charge in [0.05, 0.1) is 46.3 Å². The second-order valence-electron chi connectivity index (χ2n) is 12.7. The molecule has 0 radical (unpaired) electrons. The molecule has 3 aromatic rings. The standard InChI is InChI=1S/C32H40N6O4S/c1-32(2,3)42-31(39)37-13-11-26(12-14-37)38-22-25(19-34-38)29-20-33-28-6-4-5-27(30(28)35-29)24-9-7-23(8-10-24)21-36-15-17-43(40,41)18-16-36/h6-10,19-20,22,26H,4-5,11-18,21H2,1-3H3. The van der Waals surface area contributed by atoms with Gasteiger partial charge < -0.3 is 9.64 Å². The van der Waals surface area contributed by atoms with Gasteiger partial charge in [-0.25, -0.2) is 18.2 Å². The summed E-state index contributed by atoms with van der Waals surface area (Å²) in [6.45, 7) is 8.87. The molecule has 0 N–H and O–H groups in total. The summed E-state index contributed by atoms with van der Waals surface area (Å²) < 4.78 is 31.0. The van der Waals surface area contributed by atoms with Gasteiger partial charge >= 0.3 is 6.09 Å². The molecule has 11 heteroatoms. The number of likely N-dealkylation sites (tertiary alicyclic amines) is 1. The van der Waals surface area contributed by atoms with Gasteiger partial charge in [-0.15, -0.1) is 0 Å². The van der Waals surface area contributed by atoms with E-state index in [1.165, 1.54) is 11.1 Å². The van der Waals surface area contributed by atoms with Gasteiger partial charge in [-0.2, -0.15) is 5.10 Å². The summed E-state index contributed by atoms with van der Waals surface area (Å²) >= 11 is 0. The molecule has 1 amide bonds. The minimum Gasteiger partial charge on any atom is -0.444 e. The van der Waals surface area contributed by atoms with E-state index in [0.717, 1.165) is 59.7 Å². The molecule has 6 rings (SSSR count). The lowest BCUT2D eigenvalue weighted by Gasteiger charge is -2.33. The van der Waals surface area contributed by atoms with Crippen molar-refractivity contribution in [1.82, 2.24) is 29.5 Å². The van der Waals surface area contributed by atoms with E-state index in [-0.39, 0.29) is 23.6 Å². The second kappa shape index (κ2) is 11.8.